The van der Waals surface area contributed by atoms with Gasteiger partial charge in [0.25, 0.3) is 0 Å². The molecule has 0 radical (unpaired) electrons. The molecule has 0 unspecified atom stereocenters. The molecule has 1 aromatic heterocycles. The summed E-state index contributed by atoms with van der Waals surface area (Å²) < 4.78 is 5.72. The van der Waals surface area contributed by atoms with E-state index in [1.54, 1.807) is 0 Å². The first-order valence-corrected chi connectivity index (χ1v) is 9.80. The second kappa shape index (κ2) is 8.40. The maximum atomic E-state index is 5.72. The van der Waals surface area contributed by atoms with Gasteiger partial charge in [-0.3, -0.25) is 4.90 Å². The van der Waals surface area contributed by atoms with Crippen molar-refractivity contribution in [1.82, 2.24) is 14.9 Å². The first-order valence-electron chi connectivity index (χ1n) is 9.80. The summed E-state index contributed by atoms with van der Waals surface area (Å²) in [6.45, 7) is 6.89. The zero-order chi connectivity index (χ0) is 19.3. The van der Waals surface area contributed by atoms with Crippen LogP contribution in [0.3, 0.4) is 0 Å². The predicted molar refractivity (Wildman–Crippen MR) is 112 cm³/mol. The van der Waals surface area contributed by atoms with E-state index in [4.69, 9.17) is 9.72 Å². The van der Waals surface area contributed by atoms with Crippen molar-refractivity contribution >= 4 is 11.6 Å². The van der Waals surface area contributed by atoms with Gasteiger partial charge in [-0.25, -0.2) is 9.97 Å². The van der Waals surface area contributed by atoms with Crippen LogP contribution in [-0.4, -0.2) is 27.5 Å². The van der Waals surface area contributed by atoms with Gasteiger partial charge in [-0.2, -0.15) is 0 Å². The quantitative estimate of drug-likeness (QED) is 0.685. The van der Waals surface area contributed by atoms with E-state index in [1.807, 2.05) is 50.4 Å². The Balaban J connectivity index is 1.38. The Morgan fingerprint density at radius 3 is 2.61 bits per heavy atom. The summed E-state index contributed by atoms with van der Waals surface area (Å²) >= 11 is 0. The Bertz CT molecular complexity index is 910. The largest absolute Gasteiger partial charge is 0.491 e. The fraction of sp³-hybridized carbons (Fsp3) is 0.304. The third-order valence-electron chi connectivity index (χ3n) is 4.74. The van der Waals surface area contributed by atoms with Gasteiger partial charge >= 0.3 is 0 Å². The van der Waals surface area contributed by atoms with Crippen molar-refractivity contribution in [2.24, 2.45) is 0 Å². The van der Waals surface area contributed by atoms with Crippen LogP contribution in [0.2, 0.25) is 0 Å². The molecule has 0 aliphatic carbocycles. The molecule has 144 valence electrons. The minimum absolute atomic E-state index is 0.200. The number of anilines is 2. The summed E-state index contributed by atoms with van der Waals surface area (Å²) in [7, 11) is 0. The van der Waals surface area contributed by atoms with E-state index >= 15 is 0 Å². The standard InChI is InChI=1S/C23H26N4O/c1-17(2)28-21-10-8-18(9-11-21)15-27-13-12-22-19(16-27)14-24-23(26-22)25-20-6-4-3-5-7-20/h3-11,14,17H,12-13,15-16H2,1-2H3,(H,24,25,26). The summed E-state index contributed by atoms with van der Waals surface area (Å²) in [6, 6.07) is 18.4. The molecule has 4 rings (SSSR count). The summed E-state index contributed by atoms with van der Waals surface area (Å²) in [6.07, 6.45) is 3.10. The number of benzene rings is 2. The number of aromatic nitrogens is 2. The molecule has 1 aliphatic rings. The van der Waals surface area contributed by atoms with Crippen LogP contribution in [0.15, 0.2) is 60.8 Å². The van der Waals surface area contributed by atoms with E-state index in [0.717, 1.165) is 43.2 Å². The van der Waals surface area contributed by atoms with E-state index in [1.165, 1.54) is 11.1 Å². The summed E-state index contributed by atoms with van der Waals surface area (Å²) in [5, 5.41) is 3.28. The van der Waals surface area contributed by atoms with Crippen LogP contribution in [0.1, 0.15) is 30.7 Å². The lowest BCUT2D eigenvalue weighted by atomic mass is 10.1. The number of hydrogen-bond donors (Lipinski definition) is 1. The van der Waals surface area contributed by atoms with Gasteiger partial charge < -0.3 is 10.1 Å². The molecule has 0 fully saturated rings. The van der Waals surface area contributed by atoms with Gasteiger partial charge in [0.05, 0.1) is 11.8 Å². The number of fused-ring (bicyclic) bond motifs is 1. The molecule has 28 heavy (non-hydrogen) atoms. The highest BCUT2D eigenvalue weighted by Gasteiger charge is 2.18. The first-order chi connectivity index (χ1) is 13.7. The fourth-order valence-corrected chi connectivity index (χ4v) is 3.42. The number of nitrogens with one attached hydrogen (secondary N) is 1. The fourth-order valence-electron chi connectivity index (χ4n) is 3.42. The first kappa shape index (κ1) is 18.4. The Labute approximate surface area is 166 Å². The number of hydrogen-bond acceptors (Lipinski definition) is 5. The molecule has 0 atom stereocenters. The van der Waals surface area contributed by atoms with Crippen molar-refractivity contribution in [2.45, 2.75) is 39.5 Å². The predicted octanol–water partition coefficient (Wildman–Crippen LogP) is 4.57. The van der Waals surface area contributed by atoms with Crippen molar-refractivity contribution in [1.29, 1.82) is 0 Å². The van der Waals surface area contributed by atoms with Crippen LogP contribution in [0.25, 0.3) is 0 Å². The number of para-hydroxylation sites is 1. The molecule has 1 aliphatic heterocycles. The molecule has 1 N–H and O–H groups in total. The molecule has 0 spiro atoms. The molecule has 5 nitrogen and oxygen atoms in total. The smallest absolute Gasteiger partial charge is 0.227 e. The Kier molecular flexibility index (Phi) is 5.53. The third kappa shape index (κ3) is 4.67. The molecule has 0 bridgehead atoms. The molecular formula is C23H26N4O. The minimum Gasteiger partial charge on any atom is -0.491 e. The van der Waals surface area contributed by atoms with Crippen molar-refractivity contribution in [3.63, 3.8) is 0 Å². The highest BCUT2D eigenvalue weighted by Crippen LogP contribution is 2.22. The zero-order valence-corrected chi connectivity index (χ0v) is 16.4. The average molecular weight is 374 g/mol. The van der Waals surface area contributed by atoms with E-state index in [-0.39, 0.29) is 6.10 Å². The second-order valence-corrected chi connectivity index (χ2v) is 7.43. The van der Waals surface area contributed by atoms with E-state index < -0.39 is 0 Å². The van der Waals surface area contributed by atoms with E-state index in [0.29, 0.717) is 5.95 Å². The Morgan fingerprint density at radius 2 is 1.86 bits per heavy atom. The number of nitrogens with zero attached hydrogens (tertiary/aromatic N) is 3. The lowest BCUT2D eigenvalue weighted by Crippen LogP contribution is -2.31. The lowest BCUT2D eigenvalue weighted by Gasteiger charge is -2.28. The third-order valence-corrected chi connectivity index (χ3v) is 4.74. The Morgan fingerprint density at radius 1 is 1.07 bits per heavy atom. The highest BCUT2D eigenvalue weighted by atomic mass is 16.5. The van der Waals surface area contributed by atoms with Crippen LogP contribution < -0.4 is 10.1 Å². The zero-order valence-electron chi connectivity index (χ0n) is 16.4. The van der Waals surface area contributed by atoms with Gasteiger partial charge in [0.1, 0.15) is 5.75 Å². The van der Waals surface area contributed by atoms with Crippen LogP contribution in [0, 0.1) is 0 Å². The van der Waals surface area contributed by atoms with Gasteiger partial charge in [0, 0.05) is 43.5 Å². The second-order valence-electron chi connectivity index (χ2n) is 7.43. The topological polar surface area (TPSA) is 50.3 Å². The van der Waals surface area contributed by atoms with E-state index in [9.17, 15) is 0 Å². The van der Waals surface area contributed by atoms with Crippen molar-refractivity contribution in [3.05, 3.63) is 77.6 Å². The van der Waals surface area contributed by atoms with Gasteiger partial charge in [0.15, 0.2) is 0 Å². The van der Waals surface area contributed by atoms with Crippen LogP contribution in [0.5, 0.6) is 5.75 Å². The molecule has 5 heteroatoms. The molecule has 3 aromatic rings. The molecule has 0 saturated heterocycles. The normalized spacial score (nSPS) is 14.0. The van der Waals surface area contributed by atoms with Crippen molar-refractivity contribution in [3.8, 4) is 5.75 Å². The SMILES string of the molecule is CC(C)Oc1ccc(CN2CCc3nc(Nc4ccccc4)ncc3C2)cc1. The van der Waals surface area contributed by atoms with Gasteiger partial charge in [-0.1, -0.05) is 30.3 Å². The molecule has 2 aromatic carbocycles. The van der Waals surface area contributed by atoms with Crippen LogP contribution in [0.4, 0.5) is 11.6 Å². The maximum absolute atomic E-state index is 5.72. The van der Waals surface area contributed by atoms with Gasteiger partial charge in [0.2, 0.25) is 5.95 Å². The van der Waals surface area contributed by atoms with Crippen LogP contribution in [-0.2, 0) is 19.5 Å². The molecule has 2 heterocycles. The molecule has 0 amide bonds. The lowest BCUT2D eigenvalue weighted by molar-refractivity contribution is 0.239. The summed E-state index contributed by atoms with van der Waals surface area (Å²) in [4.78, 5) is 11.7. The van der Waals surface area contributed by atoms with Crippen molar-refractivity contribution in [2.75, 3.05) is 11.9 Å². The van der Waals surface area contributed by atoms with Crippen molar-refractivity contribution < 1.29 is 4.74 Å². The monoisotopic (exact) mass is 374 g/mol. The highest BCUT2D eigenvalue weighted by molar-refractivity contribution is 5.52. The maximum Gasteiger partial charge on any atom is 0.227 e. The summed E-state index contributed by atoms with van der Waals surface area (Å²) in [5.41, 5.74) is 4.66. The van der Waals surface area contributed by atoms with E-state index in [2.05, 4.69) is 39.5 Å². The number of ether oxygens (including phenoxy) is 1. The molecule has 0 saturated carbocycles. The van der Waals surface area contributed by atoms with Gasteiger partial charge in [-0.05, 0) is 43.7 Å². The number of rotatable bonds is 6. The Hall–Kier alpha value is -2.92. The molecular weight excluding hydrogens is 348 g/mol. The average Bonchev–Trinajstić information content (AvgIpc) is 2.70. The summed E-state index contributed by atoms with van der Waals surface area (Å²) in [5.74, 6) is 1.59. The minimum atomic E-state index is 0.200. The van der Waals surface area contributed by atoms with Gasteiger partial charge in [-0.15, -0.1) is 0 Å². The van der Waals surface area contributed by atoms with Crippen LogP contribution >= 0.6 is 0 Å².